The molecule has 0 aliphatic carbocycles. The quantitative estimate of drug-likeness (QED) is 0.181. The van der Waals surface area contributed by atoms with Crippen molar-refractivity contribution in [3.63, 3.8) is 0 Å². The number of hydrogen-bond donors (Lipinski definition) is 2. The van der Waals surface area contributed by atoms with E-state index >= 15 is 0 Å². The summed E-state index contributed by atoms with van der Waals surface area (Å²) in [4.78, 5) is 8.12. The molecule has 26 heavy (non-hydrogen) atoms. The first-order chi connectivity index (χ1) is 12.3. The first-order valence-electron chi connectivity index (χ1n) is 8.98. The zero-order chi connectivity index (χ0) is 17.7. The van der Waals surface area contributed by atoms with Crippen LogP contribution in [0.25, 0.3) is 0 Å². The van der Waals surface area contributed by atoms with Gasteiger partial charge in [-0.1, -0.05) is 0 Å². The molecule has 1 aromatic carbocycles. The molecule has 0 spiro atoms. The maximum absolute atomic E-state index is 12.9. The fourth-order valence-electron chi connectivity index (χ4n) is 2.48. The van der Waals surface area contributed by atoms with Crippen molar-refractivity contribution in [2.45, 2.75) is 18.2 Å². The molecule has 0 saturated carbocycles. The van der Waals surface area contributed by atoms with Crippen LogP contribution in [-0.4, -0.2) is 69.1 Å². The summed E-state index contributed by atoms with van der Waals surface area (Å²) >= 11 is 1.74. The molecule has 1 fully saturated rings. The number of guanidine groups is 1. The maximum atomic E-state index is 12.9. The molecule has 1 aromatic rings. The van der Waals surface area contributed by atoms with Gasteiger partial charge in [-0.05, 0) is 43.4 Å². The molecular formula is C18H30FIN4OS. The average molecular weight is 496 g/mol. The van der Waals surface area contributed by atoms with Gasteiger partial charge in [-0.15, -0.1) is 35.7 Å². The number of morpholine rings is 1. The van der Waals surface area contributed by atoms with E-state index in [1.54, 1.807) is 11.8 Å². The number of halogens is 2. The van der Waals surface area contributed by atoms with E-state index in [1.165, 1.54) is 12.1 Å². The van der Waals surface area contributed by atoms with Crippen molar-refractivity contribution < 1.29 is 9.13 Å². The normalized spacial score (nSPS) is 15.4. The number of thioether (sulfide) groups is 1. The van der Waals surface area contributed by atoms with E-state index in [0.29, 0.717) is 0 Å². The van der Waals surface area contributed by atoms with Gasteiger partial charge in [0.15, 0.2) is 5.96 Å². The van der Waals surface area contributed by atoms with Crippen LogP contribution >= 0.6 is 35.7 Å². The van der Waals surface area contributed by atoms with Gasteiger partial charge in [-0.2, -0.15) is 0 Å². The fraction of sp³-hybridized carbons (Fsp3) is 0.611. The van der Waals surface area contributed by atoms with Crippen LogP contribution in [0.4, 0.5) is 4.39 Å². The van der Waals surface area contributed by atoms with E-state index in [2.05, 4.69) is 27.4 Å². The second kappa shape index (κ2) is 14.5. The molecule has 0 bridgehead atoms. The van der Waals surface area contributed by atoms with Gasteiger partial charge in [0.2, 0.25) is 0 Å². The van der Waals surface area contributed by atoms with Gasteiger partial charge in [0, 0.05) is 44.2 Å². The molecule has 0 aromatic heterocycles. The van der Waals surface area contributed by atoms with Crippen molar-refractivity contribution in [1.29, 1.82) is 0 Å². The minimum atomic E-state index is -0.188. The van der Waals surface area contributed by atoms with Crippen molar-refractivity contribution in [2.75, 3.05) is 58.2 Å². The van der Waals surface area contributed by atoms with E-state index in [-0.39, 0.29) is 29.8 Å². The molecule has 0 atom stereocenters. The summed E-state index contributed by atoms with van der Waals surface area (Å²) < 4.78 is 18.2. The van der Waals surface area contributed by atoms with Crippen LogP contribution in [0.2, 0.25) is 0 Å². The van der Waals surface area contributed by atoms with Crippen LogP contribution in [0.5, 0.6) is 0 Å². The van der Waals surface area contributed by atoms with Crippen LogP contribution in [0.3, 0.4) is 0 Å². The third-order valence-corrected chi connectivity index (χ3v) is 4.92. The third-order valence-electron chi connectivity index (χ3n) is 3.82. The Kier molecular flexibility index (Phi) is 13.1. The molecule has 1 saturated heterocycles. The van der Waals surface area contributed by atoms with Crippen LogP contribution in [0.15, 0.2) is 34.2 Å². The van der Waals surface area contributed by atoms with E-state index in [9.17, 15) is 4.39 Å². The lowest BCUT2D eigenvalue weighted by Gasteiger charge is -2.26. The van der Waals surface area contributed by atoms with E-state index in [1.807, 2.05) is 12.1 Å². The molecule has 5 nitrogen and oxygen atoms in total. The predicted octanol–water partition coefficient (Wildman–Crippen LogP) is 2.81. The van der Waals surface area contributed by atoms with Crippen molar-refractivity contribution in [1.82, 2.24) is 15.5 Å². The molecule has 0 unspecified atom stereocenters. The molecule has 1 heterocycles. The van der Waals surface area contributed by atoms with Crippen molar-refractivity contribution in [3.05, 3.63) is 30.1 Å². The number of hydrogen-bond acceptors (Lipinski definition) is 4. The highest BCUT2D eigenvalue weighted by Gasteiger charge is 2.09. The van der Waals surface area contributed by atoms with Crippen molar-refractivity contribution in [3.8, 4) is 0 Å². The molecule has 0 radical (unpaired) electrons. The minimum absolute atomic E-state index is 0. The SMILES string of the molecule is CCNC(=NCCCSc1ccc(F)cc1)NCCN1CCOCC1.I. The molecule has 1 aliphatic heterocycles. The van der Waals surface area contributed by atoms with E-state index in [0.717, 1.165) is 75.5 Å². The molecular weight excluding hydrogens is 466 g/mol. The Balaban J connectivity index is 0.00000338. The van der Waals surface area contributed by atoms with Gasteiger partial charge in [-0.25, -0.2) is 4.39 Å². The highest BCUT2D eigenvalue weighted by atomic mass is 127. The Morgan fingerprint density at radius 1 is 1.23 bits per heavy atom. The Morgan fingerprint density at radius 2 is 1.96 bits per heavy atom. The molecule has 148 valence electrons. The average Bonchev–Trinajstić information content (AvgIpc) is 2.64. The van der Waals surface area contributed by atoms with E-state index < -0.39 is 0 Å². The monoisotopic (exact) mass is 496 g/mol. The second-order valence-corrected chi connectivity index (χ2v) is 6.97. The molecule has 2 rings (SSSR count). The Morgan fingerprint density at radius 3 is 2.65 bits per heavy atom. The number of nitrogens with one attached hydrogen (secondary N) is 2. The fourth-order valence-corrected chi connectivity index (χ4v) is 3.31. The summed E-state index contributed by atoms with van der Waals surface area (Å²) in [5.41, 5.74) is 0. The van der Waals surface area contributed by atoms with Crippen LogP contribution in [0, 0.1) is 5.82 Å². The maximum Gasteiger partial charge on any atom is 0.191 e. The Labute approximate surface area is 177 Å². The first-order valence-corrected chi connectivity index (χ1v) is 9.97. The van der Waals surface area contributed by atoms with Gasteiger partial charge < -0.3 is 15.4 Å². The number of rotatable bonds is 9. The minimum Gasteiger partial charge on any atom is -0.379 e. The summed E-state index contributed by atoms with van der Waals surface area (Å²) in [5.74, 6) is 1.66. The largest absolute Gasteiger partial charge is 0.379 e. The van der Waals surface area contributed by atoms with Crippen LogP contribution < -0.4 is 10.6 Å². The zero-order valence-corrected chi connectivity index (χ0v) is 18.5. The Bertz CT molecular complexity index is 512. The zero-order valence-electron chi connectivity index (χ0n) is 15.4. The summed E-state index contributed by atoms with van der Waals surface area (Å²) in [6.45, 7) is 9.29. The molecule has 0 amide bonds. The lowest BCUT2D eigenvalue weighted by atomic mass is 10.4. The third kappa shape index (κ3) is 9.94. The highest BCUT2D eigenvalue weighted by Crippen LogP contribution is 2.18. The number of benzene rings is 1. The van der Waals surface area contributed by atoms with Crippen molar-refractivity contribution in [2.24, 2.45) is 4.99 Å². The number of aliphatic imine (C=N–C) groups is 1. The predicted molar refractivity (Wildman–Crippen MR) is 118 cm³/mol. The summed E-state index contributed by atoms with van der Waals surface area (Å²) in [7, 11) is 0. The highest BCUT2D eigenvalue weighted by molar-refractivity contribution is 14.0. The number of ether oxygens (including phenoxy) is 1. The summed E-state index contributed by atoms with van der Waals surface area (Å²) in [6, 6.07) is 6.64. The van der Waals surface area contributed by atoms with Crippen LogP contribution in [0.1, 0.15) is 13.3 Å². The lowest BCUT2D eigenvalue weighted by molar-refractivity contribution is 0.0389. The second-order valence-electron chi connectivity index (χ2n) is 5.80. The molecule has 2 N–H and O–H groups in total. The van der Waals surface area contributed by atoms with Gasteiger partial charge in [-0.3, -0.25) is 9.89 Å². The Hall–Kier alpha value is -0.580. The van der Waals surface area contributed by atoms with Gasteiger partial charge >= 0.3 is 0 Å². The van der Waals surface area contributed by atoms with Gasteiger partial charge in [0.05, 0.1) is 13.2 Å². The first kappa shape index (κ1) is 23.5. The summed E-state index contributed by atoms with van der Waals surface area (Å²) in [6.07, 6.45) is 0.988. The van der Waals surface area contributed by atoms with E-state index in [4.69, 9.17) is 4.74 Å². The van der Waals surface area contributed by atoms with Crippen molar-refractivity contribution >= 4 is 41.7 Å². The summed E-state index contributed by atoms with van der Waals surface area (Å²) in [5, 5.41) is 6.67. The topological polar surface area (TPSA) is 48.9 Å². The molecule has 8 heteroatoms. The lowest BCUT2D eigenvalue weighted by Crippen LogP contribution is -2.44. The standard InChI is InChI=1S/C18H29FN4OS.HI/c1-2-20-18(22-9-10-23-11-13-24-14-12-23)21-8-3-15-25-17-6-4-16(19)5-7-17;/h4-7H,2-3,8-15H2,1H3,(H2,20,21,22);1H. The van der Waals surface area contributed by atoms with Gasteiger partial charge in [0.25, 0.3) is 0 Å². The van der Waals surface area contributed by atoms with Gasteiger partial charge in [0.1, 0.15) is 5.82 Å². The number of nitrogens with zero attached hydrogens (tertiary/aromatic N) is 2. The smallest absolute Gasteiger partial charge is 0.191 e. The van der Waals surface area contributed by atoms with Crippen LogP contribution in [-0.2, 0) is 4.74 Å². The molecule has 1 aliphatic rings.